The maximum absolute atomic E-state index is 6.37. The predicted molar refractivity (Wildman–Crippen MR) is 86.0 cm³/mol. The molecule has 0 aliphatic heterocycles. The molecule has 0 saturated heterocycles. The average molecular weight is 308 g/mol. The molecule has 114 valence electrons. The highest BCUT2D eigenvalue weighted by atomic mass is 35.5. The van der Waals surface area contributed by atoms with E-state index in [0.29, 0.717) is 11.6 Å². The van der Waals surface area contributed by atoms with Crippen LogP contribution in [0.2, 0.25) is 5.02 Å². The Kier molecular flexibility index (Phi) is 5.65. The lowest BCUT2D eigenvalue weighted by molar-refractivity contribution is 0.333. The van der Waals surface area contributed by atoms with Crippen LogP contribution < -0.4 is 10.1 Å². The van der Waals surface area contributed by atoms with E-state index in [1.54, 1.807) is 6.20 Å². The third kappa shape index (κ3) is 3.39. The first-order valence-electron chi connectivity index (χ1n) is 7.33. The van der Waals surface area contributed by atoms with Crippen molar-refractivity contribution in [3.8, 4) is 5.75 Å². The van der Waals surface area contributed by atoms with Crippen molar-refractivity contribution in [3.05, 3.63) is 46.7 Å². The third-order valence-corrected chi connectivity index (χ3v) is 3.65. The van der Waals surface area contributed by atoms with Gasteiger partial charge in [-0.05, 0) is 26.5 Å². The summed E-state index contributed by atoms with van der Waals surface area (Å²) in [6, 6.07) is 7.99. The number of aryl methyl sites for hydroxylation is 1. The van der Waals surface area contributed by atoms with Crippen LogP contribution in [0.4, 0.5) is 0 Å². The van der Waals surface area contributed by atoms with Crippen LogP contribution in [-0.2, 0) is 6.54 Å². The van der Waals surface area contributed by atoms with E-state index in [2.05, 4.69) is 23.4 Å². The minimum atomic E-state index is -0.0469. The van der Waals surface area contributed by atoms with Gasteiger partial charge in [0.05, 0.1) is 29.6 Å². The number of hydrogen-bond acceptors (Lipinski definition) is 3. The molecule has 0 bridgehead atoms. The van der Waals surface area contributed by atoms with Gasteiger partial charge in [-0.25, -0.2) is 0 Å². The van der Waals surface area contributed by atoms with Gasteiger partial charge in [0, 0.05) is 12.1 Å². The molecule has 1 heterocycles. The van der Waals surface area contributed by atoms with Crippen molar-refractivity contribution >= 4 is 11.6 Å². The molecular weight excluding hydrogens is 286 g/mol. The van der Waals surface area contributed by atoms with E-state index in [-0.39, 0.29) is 6.04 Å². The first kappa shape index (κ1) is 15.9. The van der Waals surface area contributed by atoms with Crippen LogP contribution in [0.5, 0.6) is 5.75 Å². The Bertz CT molecular complexity index is 583. The van der Waals surface area contributed by atoms with Gasteiger partial charge in [0.2, 0.25) is 0 Å². The molecule has 0 saturated carbocycles. The quantitative estimate of drug-likeness (QED) is 0.848. The molecule has 1 aromatic heterocycles. The lowest BCUT2D eigenvalue weighted by Gasteiger charge is -2.21. The summed E-state index contributed by atoms with van der Waals surface area (Å²) in [5.41, 5.74) is 2.05. The standard InChI is InChI=1S/C16H22ClN3O/c1-4-10-20-16(13(17)11-19-20)15(18-3)12-8-6-7-9-14(12)21-5-2/h6-9,11,15,18H,4-5,10H2,1-3H3. The molecule has 0 aliphatic carbocycles. The summed E-state index contributed by atoms with van der Waals surface area (Å²) in [7, 11) is 1.92. The van der Waals surface area contributed by atoms with Gasteiger partial charge in [0.25, 0.3) is 0 Å². The second-order valence-corrected chi connectivity index (χ2v) is 5.20. The fraction of sp³-hybridized carbons (Fsp3) is 0.438. The number of aromatic nitrogens is 2. The Labute approximate surface area is 131 Å². The van der Waals surface area contributed by atoms with Crippen molar-refractivity contribution in [1.29, 1.82) is 0 Å². The number of nitrogens with one attached hydrogen (secondary N) is 1. The highest BCUT2D eigenvalue weighted by Gasteiger charge is 2.23. The molecule has 5 heteroatoms. The maximum atomic E-state index is 6.37. The Balaban J connectivity index is 2.47. The van der Waals surface area contributed by atoms with Crippen molar-refractivity contribution in [2.75, 3.05) is 13.7 Å². The van der Waals surface area contributed by atoms with Crippen molar-refractivity contribution in [1.82, 2.24) is 15.1 Å². The molecule has 1 N–H and O–H groups in total. The van der Waals surface area contributed by atoms with Crippen LogP contribution in [0.3, 0.4) is 0 Å². The zero-order valence-electron chi connectivity index (χ0n) is 12.8. The van der Waals surface area contributed by atoms with Gasteiger partial charge in [-0.2, -0.15) is 5.10 Å². The van der Waals surface area contributed by atoms with Gasteiger partial charge in [0.1, 0.15) is 5.75 Å². The Morgan fingerprint density at radius 3 is 2.76 bits per heavy atom. The van der Waals surface area contributed by atoms with Crippen molar-refractivity contribution < 1.29 is 4.74 Å². The molecule has 0 aliphatic rings. The molecule has 0 radical (unpaired) electrons. The fourth-order valence-corrected chi connectivity index (χ4v) is 2.74. The zero-order chi connectivity index (χ0) is 15.2. The number of hydrogen-bond donors (Lipinski definition) is 1. The average Bonchev–Trinajstić information content (AvgIpc) is 2.84. The summed E-state index contributed by atoms with van der Waals surface area (Å²) in [5, 5.41) is 8.39. The monoisotopic (exact) mass is 307 g/mol. The first-order valence-corrected chi connectivity index (χ1v) is 7.70. The van der Waals surface area contributed by atoms with Crippen molar-refractivity contribution in [3.63, 3.8) is 0 Å². The molecule has 21 heavy (non-hydrogen) atoms. The number of halogens is 1. The largest absolute Gasteiger partial charge is 0.494 e. The van der Waals surface area contributed by atoms with Crippen LogP contribution in [0, 0.1) is 0 Å². The molecule has 0 spiro atoms. The highest BCUT2D eigenvalue weighted by molar-refractivity contribution is 6.31. The minimum absolute atomic E-state index is 0.0469. The second kappa shape index (κ2) is 7.48. The van der Waals surface area contributed by atoms with Gasteiger partial charge < -0.3 is 10.1 Å². The SMILES string of the molecule is CCCn1ncc(Cl)c1C(NC)c1ccccc1OCC. The molecule has 1 aromatic carbocycles. The fourth-order valence-electron chi connectivity index (χ4n) is 2.49. The summed E-state index contributed by atoms with van der Waals surface area (Å²) >= 11 is 6.37. The number of nitrogens with zero attached hydrogens (tertiary/aromatic N) is 2. The van der Waals surface area contributed by atoms with Gasteiger partial charge >= 0.3 is 0 Å². The van der Waals surface area contributed by atoms with Gasteiger partial charge in [-0.1, -0.05) is 36.7 Å². The molecule has 0 fully saturated rings. The molecule has 2 aromatic rings. The number of rotatable bonds is 7. The summed E-state index contributed by atoms with van der Waals surface area (Å²) < 4.78 is 7.71. The number of para-hydroxylation sites is 1. The van der Waals surface area contributed by atoms with Crippen LogP contribution in [-0.4, -0.2) is 23.4 Å². The lowest BCUT2D eigenvalue weighted by Crippen LogP contribution is -2.22. The normalized spacial score (nSPS) is 12.4. The van der Waals surface area contributed by atoms with Crippen LogP contribution >= 0.6 is 11.6 Å². The summed E-state index contributed by atoms with van der Waals surface area (Å²) in [6.45, 7) is 5.59. The van der Waals surface area contributed by atoms with Crippen molar-refractivity contribution in [2.24, 2.45) is 0 Å². The van der Waals surface area contributed by atoms with Crippen LogP contribution in [0.15, 0.2) is 30.5 Å². The number of ether oxygens (including phenoxy) is 1. The Morgan fingerprint density at radius 1 is 1.33 bits per heavy atom. The molecule has 2 rings (SSSR count). The predicted octanol–water partition coefficient (Wildman–Crippen LogP) is 3.65. The zero-order valence-corrected chi connectivity index (χ0v) is 13.5. The molecule has 1 atom stereocenters. The summed E-state index contributed by atoms with van der Waals surface area (Å²) in [4.78, 5) is 0. The minimum Gasteiger partial charge on any atom is -0.494 e. The molecule has 1 unspecified atom stereocenters. The van der Waals surface area contributed by atoms with E-state index in [4.69, 9.17) is 16.3 Å². The van der Waals surface area contributed by atoms with E-state index in [1.165, 1.54) is 0 Å². The second-order valence-electron chi connectivity index (χ2n) is 4.79. The maximum Gasteiger partial charge on any atom is 0.124 e. The van der Waals surface area contributed by atoms with Gasteiger partial charge in [0.15, 0.2) is 0 Å². The van der Waals surface area contributed by atoms with Crippen molar-refractivity contribution in [2.45, 2.75) is 32.9 Å². The molecular formula is C16H22ClN3O. The summed E-state index contributed by atoms with van der Waals surface area (Å²) in [5.74, 6) is 0.875. The Morgan fingerprint density at radius 2 is 2.10 bits per heavy atom. The van der Waals surface area contributed by atoms with E-state index in [0.717, 1.165) is 30.0 Å². The third-order valence-electron chi connectivity index (χ3n) is 3.36. The van der Waals surface area contributed by atoms with E-state index < -0.39 is 0 Å². The van der Waals surface area contributed by atoms with Gasteiger partial charge in [-0.3, -0.25) is 4.68 Å². The molecule has 0 amide bonds. The molecule has 4 nitrogen and oxygen atoms in total. The van der Waals surface area contributed by atoms with Gasteiger partial charge in [-0.15, -0.1) is 0 Å². The van der Waals surface area contributed by atoms with E-state index in [9.17, 15) is 0 Å². The summed E-state index contributed by atoms with van der Waals surface area (Å²) in [6.07, 6.45) is 2.72. The van der Waals surface area contributed by atoms with E-state index in [1.807, 2.05) is 36.9 Å². The first-order chi connectivity index (χ1) is 10.2. The van der Waals surface area contributed by atoms with Crippen LogP contribution in [0.1, 0.15) is 37.6 Å². The smallest absolute Gasteiger partial charge is 0.124 e. The van der Waals surface area contributed by atoms with Crippen LogP contribution in [0.25, 0.3) is 0 Å². The van der Waals surface area contributed by atoms with E-state index >= 15 is 0 Å². The highest BCUT2D eigenvalue weighted by Crippen LogP contribution is 2.33. The topological polar surface area (TPSA) is 39.1 Å². The number of benzene rings is 1. The Hall–Kier alpha value is -1.52. The lowest BCUT2D eigenvalue weighted by atomic mass is 10.0.